The molecule has 6 nitrogen and oxygen atoms in total. The van der Waals surface area contributed by atoms with Crippen molar-refractivity contribution in [3.63, 3.8) is 0 Å². The number of hydrogen-bond donors (Lipinski definition) is 3. The van der Waals surface area contributed by atoms with E-state index in [1.54, 1.807) is 0 Å². The Labute approximate surface area is 227 Å². The summed E-state index contributed by atoms with van der Waals surface area (Å²) in [7, 11) is 0. The monoisotopic (exact) mass is 521 g/mol. The van der Waals surface area contributed by atoms with Gasteiger partial charge in [0, 0.05) is 19.8 Å². The first-order valence-electron chi connectivity index (χ1n) is 16.1. The smallest absolute Gasteiger partial charge is 0.0611 e. The Kier molecular flexibility index (Phi) is 12.0. The largest absolute Gasteiger partial charge is 0.378 e. The molecule has 216 valence electrons. The van der Waals surface area contributed by atoms with E-state index < -0.39 is 0 Å². The van der Waals surface area contributed by atoms with Gasteiger partial charge in [-0.1, -0.05) is 26.7 Å². The third-order valence-electron chi connectivity index (χ3n) is 10.8. The van der Waals surface area contributed by atoms with Gasteiger partial charge in [-0.3, -0.25) is 0 Å². The fourth-order valence-corrected chi connectivity index (χ4v) is 9.35. The first-order chi connectivity index (χ1) is 18.1. The molecule has 0 saturated heterocycles. The predicted molar refractivity (Wildman–Crippen MR) is 151 cm³/mol. The second-order valence-electron chi connectivity index (χ2n) is 12.9. The van der Waals surface area contributed by atoms with Crippen molar-refractivity contribution in [2.24, 2.45) is 64.5 Å². The number of rotatable bonds is 15. The molecule has 37 heavy (non-hydrogen) atoms. The van der Waals surface area contributed by atoms with Crippen LogP contribution in [0.25, 0.3) is 0 Å². The summed E-state index contributed by atoms with van der Waals surface area (Å²) < 4.78 is 19.8. The van der Waals surface area contributed by atoms with Crippen LogP contribution in [-0.2, 0) is 14.2 Å². The molecule has 10 unspecified atom stereocenters. The maximum atomic E-state index is 6.77. The molecule has 0 heterocycles. The van der Waals surface area contributed by atoms with Crippen LogP contribution < -0.4 is 17.2 Å². The summed E-state index contributed by atoms with van der Waals surface area (Å²) in [6, 6.07) is 0. The third-order valence-corrected chi connectivity index (χ3v) is 10.8. The van der Waals surface area contributed by atoms with E-state index in [4.69, 9.17) is 31.4 Å². The van der Waals surface area contributed by atoms with E-state index in [9.17, 15) is 0 Å². The van der Waals surface area contributed by atoms with Crippen molar-refractivity contribution in [3.8, 4) is 0 Å². The minimum Gasteiger partial charge on any atom is -0.378 e. The molecule has 4 aliphatic rings. The van der Waals surface area contributed by atoms with Gasteiger partial charge in [0.1, 0.15) is 0 Å². The molecule has 6 N–H and O–H groups in total. The van der Waals surface area contributed by atoms with E-state index in [0.29, 0.717) is 49.2 Å². The molecule has 0 bridgehead atoms. The second kappa shape index (κ2) is 14.9. The lowest BCUT2D eigenvalue weighted by atomic mass is 9.51. The molecular formula is C31H59N3O3. The van der Waals surface area contributed by atoms with E-state index in [2.05, 4.69) is 13.8 Å². The van der Waals surface area contributed by atoms with Crippen LogP contribution in [0.4, 0.5) is 0 Å². The van der Waals surface area contributed by atoms with Gasteiger partial charge in [0.15, 0.2) is 0 Å². The standard InChI is InChI=1S/C31H59N3O3/c1-3-7-21(2)24-10-11-26-30(24)29(37-17-6-14-34)20-27-25-9-8-23(35-15-4-12-32)18-22(25)19-28(31(26)27)36-16-5-13-33/h21-31H,3-20,32-34H2,1-2H3/t21-,22?,23?,24?,25?,26?,27?,28?,29?,30?,31?/m1/s1. The molecule has 0 aromatic heterocycles. The topological polar surface area (TPSA) is 106 Å². The lowest BCUT2D eigenvalue weighted by Gasteiger charge is -2.57. The van der Waals surface area contributed by atoms with Crippen LogP contribution in [0.15, 0.2) is 0 Å². The average Bonchev–Trinajstić information content (AvgIpc) is 3.35. The Morgan fingerprint density at radius 3 is 1.95 bits per heavy atom. The third kappa shape index (κ3) is 7.10. The molecular weight excluding hydrogens is 462 g/mol. The fourth-order valence-electron chi connectivity index (χ4n) is 9.35. The molecule has 4 fully saturated rings. The molecule has 0 aromatic carbocycles. The molecule has 0 amide bonds. The minimum absolute atomic E-state index is 0.373. The Hall–Kier alpha value is -0.240. The van der Waals surface area contributed by atoms with Gasteiger partial charge in [-0.15, -0.1) is 0 Å². The van der Waals surface area contributed by atoms with Crippen LogP contribution in [0.2, 0.25) is 0 Å². The maximum Gasteiger partial charge on any atom is 0.0611 e. The first-order valence-corrected chi connectivity index (χ1v) is 16.1. The van der Waals surface area contributed by atoms with Crippen molar-refractivity contribution in [2.45, 2.75) is 109 Å². The van der Waals surface area contributed by atoms with E-state index in [1.165, 1.54) is 57.8 Å². The lowest BCUT2D eigenvalue weighted by molar-refractivity contribution is -0.175. The fraction of sp³-hybridized carbons (Fsp3) is 1.00. The highest BCUT2D eigenvalue weighted by Crippen LogP contribution is 2.61. The number of nitrogens with two attached hydrogens (primary N) is 3. The Morgan fingerprint density at radius 1 is 0.676 bits per heavy atom. The second-order valence-corrected chi connectivity index (χ2v) is 12.9. The Bertz CT molecular complexity index is 651. The zero-order valence-electron chi connectivity index (χ0n) is 24.0. The summed E-state index contributed by atoms with van der Waals surface area (Å²) in [6.07, 6.45) is 15.5. The molecule has 4 aliphatic carbocycles. The number of fused-ring (bicyclic) bond motifs is 5. The van der Waals surface area contributed by atoms with Gasteiger partial charge < -0.3 is 31.4 Å². The SMILES string of the molecule is CCC[C@@H](C)C1CCC2C3C(OCCCN)CC4CC(OCCCN)CCC4C3CC(OCCCN)C21. The van der Waals surface area contributed by atoms with E-state index in [0.717, 1.165) is 75.2 Å². The summed E-state index contributed by atoms with van der Waals surface area (Å²) in [5.74, 6) is 5.92. The minimum atomic E-state index is 0.373. The molecule has 0 spiro atoms. The highest BCUT2D eigenvalue weighted by atomic mass is 16.5. The zero-order valence-corrected chi connectivity index (χ0v) is 24.0. The van der Waals surface area contributed by atoms with Crippen molar-refractivity contribution < 1.29 is 14.2 Å². The van der Waals surface area contributed by atoms with E-state index in [1.807, 2.05) is 0 Å². The maximum absolute atomic E-state index is 6.77. The van der Waals surface area contributed by atoms with Crippen molar-refractivity contribution in [1.29, 1.82) is 0 Å². The van der Waals surface area contributed by atoms with Crippen molar-refractivity contribution in [1.82, 2.24) is 0 Å². The summed E-state index contributed by atoms with van der Waals surface area (Å²) >= 11 is 0. The van der Waals surface area contributed by atoms with Gasteiger partial charge in [0.25, 0.3) is 0 Å². The van der Waals surface area contributed by atoms with Gasteiger partial charge in [0.05, 0.1) is 18.3 Å². The summed E-state index contributed by atoms with van der Waals surface area (Å²) in [5.41, 5.74) is 17.5. The zero-order chi connectivity index (χ0) is 26.2. The van der Waals surface area contributed by atoms with Gasteiger partial charge in [0.2, 0.25) is 0 Å². The van der Waals surface area contributed by atoms with Crippen LogP contribution in [0.5, 0.6) is 0 Å². The van der Waals surface area contributed by atoms with Crippen molar-refractivity contribution in [2.75, 3.05) is 39.5 Å². The van der Waals surface area contributed by atoms with E-state index >= 15 is 0 Å². The van der Waals surface area contributed by atoms with Crippen LogP contribution >= 0.6 is 0 Å². The van der Waals surface area contributed by atoms with Gasteiger partial charge in [-0.25, -0.2) is 0 Å². The molecule has 6 heteroatoms. The highest BCUT2D eigenvalue weighted by Gasteiger charge is 2.59. The lowest BCUT2D eigenvalue weighted by Crippen LogP contribution is -2.56. The number of ether oxygens (including phenoxy) is 3. The van der Waals surface area contributed by atoms with Gasteiger partial charge in [-0.05, 0) is 131 Å². The summed E-state index contributed by atoms with van der Waals surface area (Å²) in [5, 5.41) is 0. The van der Waals surface area contributed by atoms with Crippen LogP contribution in [0.3, 0.4) is 0 Å². The normalized spacial score (nSPS) is 40.1. The summed E-state index contributed by atoms with van der Waals surface area (Å²) in [4.78, 5) is 0. The first kappa shape index (κ1) is 29.7. The highest BCUT2D eigenvalue weighted by molar-refractivity contribution is 5.07. The molecule has 0 aliphatic heterocycles. The molecule has 4 saturated carbocycles. The van der Waals surface area contributed by atoms with Gasteiger partial charge in [-0.2, -0.15) is 0 Å². The molecule has 4 rings (SSSR count). The van der Waals surface area contributed by atoms with Crippen LogP contribution in [0.1, 0.15) is 90.9 Å². The van der Waals surface area contributed by atoms with E-state index in [-0.39, 0.29) is 0 Å². The summed E-state index contributed by atoms with van der Waals surface area (Å²) in [6.45, 7) is 9.43. The molecule has 0 aromatic rings. The van der Waals surface area contributed by atoms with Crippen molar-refractivity contribution >= 4 is 0 Å². The molecule has 0 radical (unpaired) electrons. The van der Waals surface area contributed by atoms with Gasteiger partial charge >= 0.3 is 0 Å². The van der Waals surface area contributed by atoms with Crippen LogP contribution in [0, 0.1) is 47.3 Å². The Morgan fingerprint density at radius 2 is 1.30 bits per heavy atom. The predicted octanol–water partition coefficient (Wildman–Crippen LogP) is 4.72. The molecule has 11 atom stereocenters. The van der Waals surface area contributed by atoms with Crippen molar-refractivity contribution in [3.05, 3.63) is 0 Å². The Balaban J connectivity index is 1.55. The number of hydrogen-bond acceptors (Lipinski definition) is 6. The quantitative estimate of drug-likeness (QED) is 0.269. The van der Waals surface area contributed by atoms with Crippen LogP contribution in [-0.4, -0.2) is 57.8 Å². The average molecular weight is 522 g/mol.